The van der Waals surface area contributed by atoms with E-state index in [2.05, 4.69) is 41.7 Å². The standard InChI is InChI=1S/C20H26N2/c1-4-9-20-18(13-12-17-10-7-6-8-11-17)14-19(15-21-20)22-16(3)5-2/h4-5,9,12-15,17,22H,2-3,6-8,10-11H2,1H3/b9-4-,13-12+. The SMILES string of the molecule is C=CC(=C)Nc1cnc(/C=C\C)c(/C=C/C2CCCCC2)c1. The lowest BCUT2D eigenvalue weighted by Gasteiger charge is -2.18. The van der Waals surface area contributed by atoms with Gasteiger partial charge in [-0.25, -0.2) is 0 Å². The number of nitrogens with one attached hydrogen (secondary N) is 1. The summed E-state index contributed by atoms with van der Waals surface area (Å²) in [5, 5.41) is 3.21. The number of hydrogen-bond donors (Lipinski definition) is 1. The lowest BCUT2D eigenvalue weighted by molar-refractivity contribution is 0.420. The van der Waals surface area contributed by atoms with Gasteiger partial charge in [-0.05, 0) is 43.9 Å². The van der Waals surface area contributed by atoms with Gasteiger partial charge in [0.2, 0.25) is 0 Å². The number of nitrogens with zero attached hydrogens (tertiary/aromatic N) is 1. The maximum Gasteiger partial charge on any atom is 0.0700 e. The highest BCUT2D eigenvalue weighted by molar-refractivity contribution is 5.67. The van der Waals surface area contributed by atoms with Gasteiger partial charge in [-0.1, -0.05) is 50.6 Å². The number of hydrogen-bond acceptors (Lipinski definition) is 2. The summed E-state index contributed by atoms with van der Waals surface area (Å²) in [5.74, 6) is 0.715. The predicted molar refractivity (Wildman–Crippen MR) is 97.5 cm³/mol. The van der Waals surface area contributed by atoms with E-state index in [9.17, 15) is 0 Å². The molecule has 1 heterocycles. The fraction of sp³-hybridized carbons (Fsp3) is 0.350. The summed E-state index contributed by atoms with van der Waals surface area (Å²) in [6, 6.07) is 2.12. The van der Waals surface area contributed by atoms with E-state index in [1.165, 1.54) is 32.1 Å². The summed E-state index contributed by atoms with van der Waals surface area (Å²) in [7, 11) is 0. The molecule has 0 aromatic carbocycles. The molecule has 0 bridgehead atoms. The zero-order valence-electron chi connectivity index (χ0n) is 13.5. The summed E-state index contributed by atoms with van der Waals surface area (Å²) in [5.41, 5.74) is 3.87. The maximum absolute atomic E-state index is 4.54. The fourth-order valence-electron chi connectivity index (χ4n) is 2.79. The summed E-state index contributed by atoms with van der Waals surface area (Å²) >= 11 is 0. The van der Waals surface area contributed by atoms with Crippen LogP contribution in [0.2, 0.25) is 0 Å². The van der Waals surface area contributed by atoms with E-state index in [0.29, 0.717) is 5.92 Å². The van der Waals surface area contributed by atoms with Gasteiger partial charge in [0.15, 0.2) is 0 Å². The van der Waals surface area contributed by atoms with Crippen LogP contribution in [0.3, 0.4) is 0 Å². The average Bonchev–Trinajstić information content (AvgIpc) is 2.56. The van der Waals surface area contributed by atoms with Crippen LogP contribution in [0.15, 0.2) is 49.3 Å². The smallest absolute Gasteiger partial charge is 0.0700 e. The molecule has 2 heteroatoms. The van der Waals surface area contributed by atoms with Gasteiger partial charge in [0.25, 0.3) is 0 Å². The van der Waals surface area contributed by atoms with Gasteiger partial charge in [-0.3, -0.25) is 4.98 Å². The summed E-state index contributed by atoms with van der Waals surface area (Å²) in [6.07, 6.45) is 18.9. The van der Waals surface area contributed by atoms with Crippen molar-refractivity contribution >= 4 is 17.8 Å². The number of aromatic nitrogens is 1. The number of rotatable bonds is 6. The van der Waals surface area contributed by atoms with E-state index in [0.717, 1.165) is 22.6 Å². The highest BCUT2D eigenvalue weighted by Crippen LogP contribution is 2.26. The lowest BCUT2D eigenvalue weighted by Crippen LogP contribution is -2.02. The Morgan fingerprint density at radius 1 is 1.27 bits per heavy atom. The van der Waals surface area contributed by atoms with Crippen molar-refractivity contribution in [1.82, 2.24) is 4.98 Å². The van der Waals surface area contributed by atoms with E-state index in [4.69, 9.17) is 0 Å². The molecule has 1 aromatic rings. The average molecular weight is 294 g/mol. The molecular weight excluding hydrogens is 268 g/mol. The highest BCUT2D eigenvalue weighted by atomic mass is 14.9. The third-order valence-electron chi connectivity index (χ3n) is 4.02. The van der Waals surface area contributed by atoms with E-state index >= 15 is 0 Å². The van der Waals surface area contributed by atoms with Crippen molar-refractivity contribution < 1.29 is 0 Å². The third-order valence-corrected chi connectivity index (χ3v) is 4.02. The molecule has 116 valence electrons. The van der Waals surface area contributed by atoms with Crippen LogP contribution < -0.4 is 5.32 Å². The quantitative estimate of drug-likeness (QED) is 0.669. The van der Waals surface area contributed by atoms with E-state index in [-0.39, 0.29) is 0 Å². The zero-order valence-corrected chi connectivity index (χ0v) is 13.5. The topological polar surface area (TPSA) is 24.9 Å². The molecule has 0 spiro atoms. The van der Waals surface area contributed by atoms with Crippen molar-refractivity contribution in [2.24, 2.45) is 5.92 Å². The Labute approximate surface area is 134 Å². The minimum Gasteiger partial charge on any atom is -0.355 e. The minimum absolute atomic E-state index is 0.715. The van der Waals surface area contributed by atoms with Crippen LogP contribution in [0.25, 0.3) is 12.2 Å². The fourth-order valence-corrected chi connectivity index (χ4v) is 2.79. The molecule has 0 atom stereocenters. The monoisotopic (exact) mass is 294 g/mol. The molecule has 2 rings (SSSR count). The van der Waals surface area contributed by atoms with Crippen LogP contribution in [0, 0.1) is 5.92 Å². The molecule has 2 nitrogen and oxygen atoms in total. The molecule has 1 aliphatic rings. The van der Waals surface area contributed by atoms with E-state index in [1.807, 2.05) is 25.3 Å². The van der Waals surface area contributed by atoms with Gasteiger partial charge < -0.3 is 5.32 Å². The van der Waals surface area contributed by atoms with Crippen molar-refractivity contribution in [3.63, 3.8) is 0 Å². The molecule has 1 fully saturated rings. The first-order valence-corrected chi connectivity index (χ1v) is 8.12. The molecule has 0 radical (unpaired) electrons. The van der Waals surface area contributed by atoms with Gasteiger partial charge in [-0.15, -0.1) is 0 Å². The van der Waals surface area contributed by atoms with Gasteiger partial charge in [-0.2, -0.15) is 0 Å². The van der Waals surface area contributed by atoms with Gasteiger partial charge in [0.1, 0.15) is 0 Å². The Bertz CT molecular complexity index is 575. The Morgan fingerprint density at radius 3 is 2.73 bits per heavy atom. The van der Waals surface area contributed by atoms with Crippen LogP contribution in [-0.4, -0.2) is 4.98 Å². The first-order valence-electron chi connectivity index (χ1n) is 8.12. The molecule has 0 saturated heterocycles. The molecule has 0 amide bonds. The van der Waals surface area contributed by atoms with Crippen molar-refractivity contribution in [3.05, 3.63) is 60.6 Å². The highest BCUT2D eigenvalue weighted by Gasteiger charge is 2.10. The minimum atomic E-state index is 0.715. The molecule has 22 heavy (non-hydrogen) atoms. The van der Waals surface area contributed by atoms with Crippen LogP contribution in [0.4, 0.5) is 5.69 Å². The largest absolute Gasteiger partial charge is 0.355 e. The van der Waals surface area contributed by atoms with Gasteiger partial charge in [0, 0.05) is 11.3 Å². The van der Waals surface area contributed by atoms with Crippen molar-refractivity contribution in [3.8, 4) is 0 Å². The Balaban J connectivity index is 2.20. The summed E-state index contributed by atoms with van der Waals surface area (Å²) < 4.78 is 0. The van der Waals surface area contributed by atoms with Crippen LogP contribution in [-0.2, 0) is 0 Å². The third kappa shape index (κ3) is 4.73. The van der Waals surface area contributed by atoms with Gasteiger partial charge >= 0.3 is 0 Å². The molecular formula is C20H26N2. The number of allylic oxidation sites excluding steroid dienone is 3. The van der Waals surface area contributed by atoms with Crippen molar-refractivity contribution in [2.75, 3.05) is 5.32 Å². The maximum atomic E-state index is 4.54. The van der Waals surface area contributed by atoms with Crippen LogP contribution in [0.1, 0.15) is 50.3 Å². The zero-order chi connectivity index (χ0) is 15.8. The number of anilines is 1. The normalized spacial score (nSPS) is 16.2. The summed E-state index contributed by atoms with van der Waals surface area (Å²) in [6.45, 7) is 9.62. The summed E-state index contributed by atoms with van der Waals surface area (Å²) in [4.78, 5) is 4.54. The van der Waals surface area contributed by atoms with Crippen molar-refractivity contribution in [2.45, 2.75) is 39.0 Å². The Morgan fingerprint density at radius 2 is 2.05 bits per heavy atom. The molecule has 1 aromatic heterocycles. The Hall–Kier alpha value is -2.09. The van der Waals surface area contributed by atoms with Crippen molar-refractivity contribution in [1.29, 1.82) is 0 Å². The molecule has 1 N–H and O–H groups in total. The van der Waals surface area contributed by atoms with Crippen LogP contribution >= 0.6 is 0 Å². The van der Waals surface area contributed by atoms with Crippen LogP contribution in [0.5, 0.6) is 0 Å². The molecule has 1 saturated carbocycles. The Kier molecular flexibility index (Phi) is 6.20. The second-order valence-corrected chi connectivity index (χ2v) is 5.81. The second-order valence-electron chi connectivity index (χ2n) is 5.81. The lowest BCUT2D eigenvalue weighted by atomic mass is 9.88. The first-order chi connectivity index (χ1) is 10.7. The molecule has 0 aliphatic heterocycles. The number of pyridine rings is 1. The van der Waals surface area contributed by atoms with E-state index in [1.54, 1.807) is 6.08 Å². The second kappa shape index (κ2) is 8.38. The molecule has 0 unspecified atom stereocenters. The van der Waals surface area contributed by atoms with Gasteiger partial charge in [0.05, 0.1) is 17.6 Å². The first kappa shape index (κ1) is 16.3. The van der Waals surface area contributed by atoms with E-state index < -0.39 is 0 Å². The predicted octanol–water partition coefficient (Wildman–Crippen LogP) is 5.82. The molecule has 1 aliphatic carbocycles.